The first-order valence-electron chi connectivity index (χ1n) is 8.50. The highest BCUT2D eigenvalue weighted by atomic mass is 127. The minimum Gasteiger partial charge on any atom is -0.493 e. The number of nitrogens with zero attached hydrogens (tertiary/aromatic N) is 3. The van der Waals surface area contributed by atoms with Crippen LogP contribution in [0.15, 0.2) is 29.4 Å². The highest BCUT2D eigenvalue weighted by Gasteiger charge is 2.21. The van der Waals surface area contributed by atoms with Crippen LogP contribution in [-0.4, -0.2) is 48.4 Å². The van der Waals surface area contributed by atoms with E-state index >= 15 is 0 Å². The van der Waals surface area contributed by atoms with Gasteiger partial charge in [0.25, 0.3) is 0 Å². The van der Waals surface area contributed by atoms with Crippen LogP contribution in [0.1, 0.15) is 23.7 Å². The van der Waals surface area contributed by atoms with E-state index in [-0.39, 0.29) is 24.0 Å². The minimum absolute atomic E-state index is 0. The summed E-state index contributed by atoms with van der Waals surface area (Å²) in [5, 5.41) is 10.3. The number of benzene rings is 1. The maximum Gasteiger partial charge on any atom is 0.194 e. The molecule has 2 aromatic rings. The number of halogens is 1. The van der Waals surface area contributed by atoms with Crippen molar-refractivity contribution in [3.8, 4) is 11.5 Å². The van der Waals surface area contributed by atoms with Gasteiger partial charge in [-0.3, -0.25) is 5.10 Å². The van der Waals surface area contributed by atoms with Gasteiger partial charge in [0, 0.05) is 25.8 Å². The number of aromatic nitrogens is 2. The number of hydrogen-bond donors (Lipinski definition) is 2. The molecule has 3 rings (SSSR count). The van der Waals surface area contributed by atoms with E-state index < -0.39 is 0 Å². The number of H-pyrrole nitrogens is 1. The smallest absolute Gasteiger partial charge is 0.194 e. The fourth-order valence-corrected chi connectivity index (χ4v) is 3.02. The van der Waals surface area contributed by atoms with Crippen molar-refractivity contribution in [2.75, 3.05) is 27.3 Å². The molecule has 0 unspecified atom stereocenters. The van der Waals surface area contributed by atoms with Crippen LogP contribution in [0, 0.1) is 0 Å². The topological polar surface area (TPSA) is 74.8 Å². The lowest BCUT2D eigenvalue weighted by Gasteiger charge is -2.32. The van der Waals surface area contributed by atoms with Crippen LogP contribution in [-0.2, 0) is 19.5 Å². The average molecular weight is 471 g/mol. The van der Waals surface area contributed by atoms with Gasteiger partial charge in [0.05, 0.1) is 26.5 Å². The fourth-order valence-electron chi connectivity index (χ4n) is 3.02. The minimum atomic E-state index is 0. The first-order chi connectivity index (χ1) is 12.2. The normalized spacial score (nSPS) is 13.7. The van der Waals surface area contributed by atoms with Crippen molar-refractivity contribution in [3.05, 3.63) is 41.2 Å². The lowest BCUT2D eigenvalue weighted by Crippen LogP contribution is -2.44. The summed E-state index contributed by atoms with van der Waals surface area (Å²) >= 11 is 0. The Morgan fingerprint density at radius 3 is 2.62 bits per heavy atom. The molecule has 0 saturated carbocycles. The molecule has 0 atom stereocenters. The summed E-state index contributed by atoms with van der Waals surface area (Å²) < 4.78 is 10.9. The summed E-state index contributed by atoms with van der Waals surface area (Å²) in [6.45, 7) is 5.20. The molecular weight excluding hydrogens is 445 g/mol. The van der Waals surface area contributed by atoms with Crippen molar-refractivity contribution < 1.29 is 9.47 Å². The molecule has 2 N–H and O–H groups in total. The van der Waals surface area contributed by atoms with Crippen LogP contribution < -0.4 is 14.8 Å². The quantitative estimate of drug-likeness (QED) is 0.399. The van der Waals surface area contributed by atoms with E-state index in [0.717, 1.165) is 49.2 Å². The molecule has 7 nitrogen and oxygen atoms in total. The molecule has 0 fully saturated rings. The average Bonchev–Trinajstić information content (AvgIpc) is 3.17. The standard InChI is InChI=1S/C18H25N5O2.HI/c1-4-19-18(20-11-15-5-7-21-22-15)23-8-6-13-9-16(24-2)17(25-3)10-14(13)12-23;/h5,7,9-10H,4,6,8,11-12H2,1-3H3,(H,19,20)(H,21,22);1H. The van der Waals surface area contributed by atoms with Gasteiger partial charge in [-0.05, 0) is 42.7 Å². The molecule has 1 aliphatic rings. The molecule has 1 aliphatic heterocycles. The van der Waals surface area contributed by atoms with Crippen LogP contribution >= 0.6 is 24.0 Å². The number of ether oxygens (including phenoxy) is 2. The fraction of sp³-hybridized carbons (Fsp3) is 0.444. The molecular formula is C18H26IN5O2. The molecule has 2 heterocycles. The zero-order valence-electron chi connectivity index (χ0n) is 15.4. The molecule has 0 radical (unpaired) electrons. The highest BCUT2D eigenvalue weighted by molar-refractivity contribution is 14.0. The number of guanidine groups is 1. The maximum absolute atomic E-state index is 5.44. The Kier molecular flexibility index (Phi) is 7.55. The van der Waals surface area contributed by atoms with E-state index in [1.54, 1.807) is 20.4 Å². The van der Waals surface area contributed by atoms with Crippen molar-refractivity contribution in [1.29, 1.82) is 0 Å². The molecule has 0 aliphatic carbocycles. The van der Waals surface area contributed by atoms with Crippen LogP contribution in [0.2, 0.25) is 0 Å². The number of fused-ring (bicyclic) bond motifs is 1. The Bertz CT molecular complexity index is 733. The number of rotatable bonds is 5. The van der Waals surface area contributed by atoms with Gasteiger partial charge in [0.2, 0.25) is 0 Å². The largest absolute Gasteiger partial charge is 0.493 e. The van der Waals surface area contributed by atoms with Crippen molar-refractivity contribution in [2.45, 2.75) is 26.4 Å². The predicted octanol–water partition coefficient (Wildman–Crippen LogP) is 2.57. The summed E-state index contributed by atoms with van der Waals surface area (Å²) in [6.07, 6.45) is 2.69. The molecule has 1 aromatic carbocycles. The molecule has 26 heavy (non-hydrogen) atoms. The highest BCUT2D eigenvalue weighted by Crippen LogP contribution is 2.33. The Morgan fingerprint density at radius 1 is 1.27 bits per heavy atom. The maximum atomic E-state index is 5.44. The third-order valence-electron chi connectivity index (χ3n) is 4.31. The van der Waals surface area contributed by atoms with E-state index in [0.29, 0.717) is 6.54 Å². The number of aromatic amines is 1. The molecule has 142 valence electrons. The summed E-state index contributed by atoms with van der Waals surface area (Å²) in [7, 11) is 3.34. The van der Waals surface area contributed by atoms with E-state index in [1.807, 2.05) is 6.07 Å². The van der Waals surface area contributed by atoms with Crippen molar-refractivity contribution in [2.24, 2.45) is 4.99 Å². The molecule has 0 saturated heterocycles. The van der Waals surface area contributed by atoms with Crippen molar-refractivity contribution in [3.63, 3.8) is 0 Å². The van der Waals surface area contributed by atoms with Gasteiger partial charge in [0.15, 0.2) is 17.5 Å². The summed E-state index contributed by atoms with van der Waals surface area (Å²) in [5.41, 5.74) is 3.55. The van der Waals surface area contributed by atoms with Gasteiger partial charge in [-0.2, -0.15) is 5.10 Å². The zero-order chi connectivity index (χ0) is 17.6. The Labute approximate surface area is 171 Å². The van der Waals surface area contributed by atoms with E-state index in [2.05, 4.69) is 39.5 Å². The van der Waals surface area contributed by atoms with Gasteiger partial charge in [-0.15, -0.1) is 24.0 Å². The second-order valence-electron chi connectivity index (χ2n) is 5.90. The van der Waals surface area contributed by atoms with Gasteiger partial charge < -0.3 is 19.7 Å². The lowest BCUT2D eigenvalue weighted by molar-refractivity contribution is 0.346. The second kappa shape index (κ2) is 9.65. The van der Waals surface area contributed by atoms with E-state index in [1.165, 1.54) is 11.1 Å². The van der Waals surface area contributed by atoms with E-state index in [9.17, 15) is 0 Å². The molecule has 0 spiro atoms. The van der Waals surface area contributed by atoms with Gasteiger partial charge >= 0.3 is 0 Å². The molecule has 0 amide bonds. The van der Waals surface area contributed by atoms with Gasteiger partial charge in [-0.1, -0.05) is 0 Å². The first kappa shape index (κ1) is 20.3. The number of methoxy groups -OCH3 is 2. The van der Waals surface area contributed by atoms with Gasteiger partial charge in [0.1, 0.15) is 0 Å². The van der Waals surface area contributed by atoms with E-state index in [4.69, 9.17) is 14.5 Å². The summed E-state index contributed by atoms with van der Waals surface area (Å²) in [6, 6.07) is 6.09. The Morgan fingerprint density at radius 2 is 2.00 bits per heavy atom. The van der Waals surface area contributed by atoms with Crippen molar-refractivity contribution in [1.82, 2.24) is 20.4 Å². The Hall–Kier alpha value is -1.97. The van der Waals surface area contributed by atoms with Crippen molar-refractivity contribution >= 4 is 29.9 Å². The predicted molar refractivity (Wildman–Crippen MR) is 112 cm³/mol. The number of aliphatic imine (C=N–C) groups is 1. The third-order valence-corrected chi connectivity index (χ3v) is 4.31. The molecule has 8 heteroatoms. The third kappa shape index (κ3) is 4.60. The molecule has 0 bridgehead atoms. The van der Waals surface area contributed by atoms with Gasteiger partial charge in [-0.25, -0.2) is 4.99 Å². The molecule has 1 aromatic heterocycles. The van der Waals surface area contributed by atoms with Crippen LogP contribution in [0.4, 0.5) is 0 Å². The van der Waals surface area contributed by atoms with Crippen LogP contribution in [0.5, 0.6) is 11.5 Å². The van der Waals surface area contributed by atoms with Crippen LogP contribution in [0.25, 0.3) is 0 Å². The number of hydrogen-bond acceptors (Lipinski definition) is 4. The zero-order valence-corrected chi connectivity index (χ0v) is 17.7. The Balaban J connectivity index is 0.00000243. The second-order valence-corrected chi connectivity index (χ2v) is 5.90. The summed E-state index contributed by atoms with van der Waals surface area (Å²) in [5.74, 6) is 2.47. The lowest BCUT2D eigenvalue weighted by atomic mass is 9.99. The first-order valence-corrected chi connectivity index (χ1v) is 8.50. The SMILES string of the molecule is CCNC(=NCc1ccn[nH]1)N1CCc2cc(OC)c(OC)cc2C1.I. The number of nitrogens with one attached hydrogen (secondary N) is 2. The summed E-state index contributed by atoms with van der Waals surface area (Å²) in [4.78, 5) is 7.01. The monoisotopic (exact) mass is 471 g/mol. The van der Waals surface area contributed by atoms with Crippen LogP contribution in [0.3, 0.4) is 0 Å².